The zero-order valence-corrected chi connectivity index (χ0v) is 13.8. The topological polar surface area (TPSA) is 35.6 Å². The molecule has 2 aromatic carbocycles. The smallest absolute Gasteiger partial charge is 0.246 e. The number of benzene rings is 2. The Morgan fingerprint density at radius 2 is 1.62 bits per heavy atom. The van der Waals surface area contributed by atoms with Gasteiger partial charge in [-0.05, 0) is 36.9 Å². The highest BCUT2D eigenvalue weighted by molar-refractivity contribution is 5.95. The van der Waals surface area contributed by atoms with E-state index in [1.54, 1.807) is 12.1 Å². The van der Waals surface area contributed by atoms with Gasteiger partial charge in [-0.15, -0.1) is 0 Å². The van der Waals surface area contributed by atoms with E-state index in [2.05, 4.69) is 22.2 Å². The molecule has 1 aliphatic heterocycles. The van der Waals surface area contributed by atoms with E-state index in [0.717, 1.165) is 31.7 Å². The van der Waals surface area contributed by atoms with Gasteiger partial charge in [0.1, 0.15) is 11.9 Å². The van der Waals surface area contributed by atoms with Crippen LogP contribution >= 0.6 is 0 Å². The highest BCUT2D eigenvalue weighted by atomic mass is 19.1. The minimum absolute atomic E-state index is 0.0858. The predicted molar refractivity (Wildman–Crippen MR) is 93.3 cm³/mol. The predicted octanol–water partition coefficient (Wildman–Crippen LogP) is 2.75. The lowest BCUT2D eigenvalue weighted by Crippen LogP contribution is -2.48. The molecule has 4 nitrogen and oxygen atoms in total. The van der Waals surface area contributed by atoms with E-state index in [1.807, 2.05) is 30.3 Å². The molecule has 0 unspecified atom stereocenters. The monoisotopic (exact) mass is 327 g/mol. The molecule has 1 aliphatic rings. The highest BCUT2D eigenvalue weighted by Crippen LogP contribution is 2.24. The van der Waals surface area contributed by atoms with Crippen LogP contribution in [0.5, 0.6) is 0 Å². The molecule has 0 bridgehead atoms. The van der Waals surface area contributed by atoms with Crippen molar-refractivity contribution in [1.29, 1.82) is 0 Å². The van der Waals surface area contributed by atoms with Gasteiger partial charge < -0.3 is 10.2 Å². The number of piperazine rings is 1. The van der Waals surface area contributed by atoms with Gasteiger partial charge in [0.05, 0.1) is 0 Å². The van der Waals surface area contributed by atoms with Crippen molar-refractivity contribution < 1.29 is 9.18 Å². The number of carbonyl (C=O) groups excluding carboxylic acids is 1. The fourth-order valence-electron chi connectivity index (χ4n) is 2.99. The fraction of sp³-hybridized carbons (Fsp3) is 0.316. The molecule has 0 spiro atoms. The Balaban J connectivity index is 1.81. The Morgan fingerprint density at radius 1 is 1.00 bits per heavy atom. The molecular formula is C19H22FN3O. The van der Waals surface area contributed by atoms with Gasteiger partial charge in [-0.1, -0.05) is 30.3 Å². The molecule has 5 heteroatoms. The lowest BCUT2D eigenvalue weighted by atomic mass is 10.0. The largest absolute Gasteiger partial charge is 0.324 e. The number of likely N-dealkylation sites (N-methyl/N-ethyl adjacent to an activating group) is 1. The zero-order chi connectivity index (χ0) is 16.9. The van der Waals surface area contributed by atoms with Crippen LogP contribution in [0.1, 0.15) is 11.6 Å². The maximum Gasteiger partial charge on any atom is 0.246 e. The van der Waals surface area contributed by atoms with Crippen LogP contribution in [0, 0.1) is 5.82 Å². The first-order chi connectivity index (χ1) is 11.6. The van der Waals surface area contributed by atoms with Crippen molar-refractivity contribution in [2.75, 3.05) is 38.5 Å². The molecule has 24 heavy (non-hydrogen) atoms. The van der Waals surface area contributed by atoms with Crippen LogP contribution in [0.2, 0.25) is 0 Å². The second-order valence-corrected chi connectivity index (χ2v) is 6.15. The second kappa shape index (κ2) is 7.55. The van der Waals surface area contributed by atoms with Gasteiger partial charge in [0.2, 0.25) is 5.91 Å². The van der Waals surface area contributed by atoms with Crippen LogP contribution in [0.25, 0.3) is 0 Å². The summed E-state index contributed by atoms with van der Waals surface area (Å²) >= 11 is 0. The summed E-state index contributed by atoms with van der Waals surface area (Å²) < 4.78 is 13.0. The Bertz CT molecular complexity index is 667. The molecular weight excluding hydrogens is 305 g/mol. The Labute approximate surface area is 141 Å². The van der Waals surface area contributed by atoms with Crippen LogP contribution in [0.4, 0.5) is 10.1 Å². The number of anilines is 1. The van der Waals surface area contributed by atoms with Gasteiger partial charge >= 0.3 is 0 Å². The van der Waals surface area contributed by atoms with E-state index in [-0.39, 0.29) is 17.8 Å². The van der Waals surface area contributed by atoms with Gasteiger partial charge in [-0.3, -0.25) is 9.69 Å². The van der Waals surface area contributed by atoms with Gasteiger partial charge in [-0.2, -0.15) is 0 Å². The molecule has 126 valence electrons. The maximum atomic E-state index is 13.0. The number of rotatable bonds is 4. The van der Waals surface area contributed by atoms with Crippen molar-refractivity contribution in [1.82, 2.24) is 9.80 Å². The molecule has 1 heterocycles. The summed E-state index contributed by atoms with van der Waals surface area (Å²) in [4.78, 5) is 17.4. The minimum atomic E-state index is -0.343. The van der Waals surface area contributed by atoms with Gasteiger partial charge in [-0.25, -0.2) is 4.39 Å². The van der Waals surface area contributed by atoms with Crippen molar-refractivity contribution in [2.24, 2.45) is 0 Å². The molecule has 1 atom stereocenters. The van der Waals surface area contributed by atoms with E-state index >= 15 is 0 Å². The average Bonchev–Trinajstić information content (AvgIpc) is 2.60. The number of nitrogens with zero attached hydrogens (tertiary/aromatic N) is 2. The van der Waals surface area contributed by atoms with Crippen molar-refractivity contribution in [2.45, 2.75) is 6.04 Å². The number of hydrogen-bond donors (Lipinski definition) is 1. The molecule has 0 radical (unpaired) electrons. The van der Waals surface area contributed by atoms with Gasteiger partial charge in [0.25, 0.3) is 0 Å². The molecule has 1 N–H and O–H groups in total. The zero-order valence-electron chi connectivity index (χ0n) is 13.8. The summed E-state index contributed by atoms with van der Waals surface area (Å²) in [6.07, 6.45) is 0. The third-order valence-corrected chi connectivity index (χ3v) is 4.38. The summed E-state index contributed by atoms with van der Waals surface area (Å²) in [5, 5.41) is 2.92. The molecule has 0 saturated carbocycles. The first-order valence-corrected chi connectivity index (χ1v) is 8.17. The molecule has 1 saturated heterocycles. The number of carbonyl (C=O) groups is 1. The summed E-state index contributed by atoms with van der Waals surface area (Å²) in [5.41, 5.74) is 1.58. The summed E-state index contributed by atoms with van der Waals surface area (Å²) in [7, 11) is 2.09. The SMILES string of the molecule is CN1CCN([C@@H](C(=O)Nc2ccc(F)cc2)c2ccccc2)CC1. The van der Waals surface area contributed by atoms with E-state index in [4.69, 9.17) is 0 Å². The van der Waals surface area contributed by atoms with Crippen molar-refractivity contribution in [3.8, 4) is 0 Å². The standard InChI is InChI=1S/C19H22FN3O/c1-22-11-13-23(14-12-22)18(15-5-3-2-4-6-15)19(24)21-17-9-7-16(20)8-10-17/h2-10,18H,11-14H2,1H3,(H,21,24)/t18-/m1/s1. The van der Waals surface area contributed by atoms with Crippen molar-refractivity contribution in [3.63, 3.8) is 0 Å². The molecule has 0 aliphatic carbocycles. The molecule has 1 fully saturated rings. The summed E-state index contributed by atoms with van der Waals surface area (Å²) in [5.74, 6) is -0.399. The quantitative estimate of drug-likeness (QED) is 0.938. The van der Waals surface area contributed by atoms with Crippen LogP contribution < -0.4 is 5.32 Å². The van der Waals surface area contributed by atoms with E-state index in [1.165, 1.54) is 12.1 Å². The van der Waals surface area contributed by atoms with Gasteiger partial charge in [0, 0.05) is 31.9 Å². The van der Waals surface area contributed by atoms with Crippen molar-refractivity contribution in [3.05, 3.63) is 66.0 Å². The average molecular weight is 327 g/mol. The van der Waals surface area contributed by atoms with E-state index in [9.17, 15) is 9.18 Å². The van der Waals surface area contributed by atoms with E-state index < -0.39 is 0 Å². The Hall–Kier alpha value is -2.24. The van der Waals surface area contributed by atoms with Crippen molar-refractivity contribution >= 4 is 11.6 Å². The molecule has 0 aromatic heterocycles. The highest BCUT2D eigenvalue weighted by Gasteiger charge is 2.29. The first kappa shape index (κ1) is 16.6. The van der Waals surface area contributed by atoms with Crippen LogP contribution in [-0.4, -0.2) is 48.9 Å². The third kappa shape index (κ3) is 3.99. The Morgan fingerprint density at radius 3 is 2.25 bits per heavy atom. The van der Waals surface area contributed by atoms with E-state index in [0.29, 0.717) is 5.69 Å². The maximum absolute atomic E-state index is 13.0. The van der Waals surface area contributed by atoms with Crippen LogP contribution in [0.3, 0.4) is 0 Å². The van der Waals surface area contributed by atoms with Crippen LogP contribution in [0.15, 0.2) is 54.6 Å². The summed E-state index contributed by atoms with van der Waals surface area (Å²) in [6.45, 7) is 3.56. The number of hydrogen-bond acceptors (Lipinski definition) is 3. The van der Waals surface area contributed by atoms with Crippen LogP contribution in [-0.2, 0) is 4.79 Å². The number of halogens is 1. The lowest BCUT2D eigenvalue weighted by molar-refractivity contribution is -0.122. The molecule has 1 amide bonds. The third-order valence-electron chi connectivity index (χ3n) is 4.38. The molecule has 3 rings (SSSR count). The van der Waals surface area contributed by atoms with Gasteiger partial charge in [0.15, 0.2) is 0 Å². The molecule has 2 aromatic rings. The normalized spacial score (nSPS) is 17.4. The number of nitrogens with one attached hydrogen (secondary N) is 1. The lowest BCUT2D eigenvalue weighted by Gasteiger charge is -2.37. The minimum Gasteiger partial charge on any atom is -0.324 e. The Kier molecular flexibility index (Phi) is 5.23. The second-order valence-electron chi connectivity index (χ2n) is 6.15. The first-order valence-electron chi connectivity index (χ1n) is 8.17. The number of amides is 1. The fourth-order valence-corrected chi connectivity index (χ4v) is 2.99. The summed E-state index contributed by atoms with van der Waals surface area (Å²) in [6, 6.07) is 15.3.